The summed E-state index contributed by atoms with van der Waals surface area (Å²) in [5.41, 5.74) is 2.31. The van der Waals surface area contributed by atoms with Gasteiger partial charge in [0.25, 0.3) is 0 Å². The first kappa shape index (κ1) is 25.3. The highest BCUT2D eigenvalue weighted by atomic mass is 32.1. The van der Waals surface area contributed by atoms with E-state index >= 15 is 0 Å². The lowest BCUT2D eigenvalue weighted by Crippen LogP contribution is -2.02. The molecule has 0 radical (unpaired) electrons. The van der Waals surface area contributed by atoms with Crippen LogP contribution in [-0.4, -0.2) is 37.1 Å². The number of hydrogen-bond acceptors (Lipinski definition) is 9. The molecule has 0 unspecified atom stereocenters. The van der Waals surface area contributed by atoms with Crippen LogP contribution in [0.15, 0.2) is 77.5 Å². The van der Waals surface area contributed by atoms with Crippen molar-refractivity contribution >= 4 is 64.7 Å². The molecule has 0 aliphatic heterocycles. The van der Waals surface area contributed by atoms with Gasteiger partial charge in [-0.2, -0.15) is 0 Å². The fourth-order valence-corrected chi connectivity index (χ4v) is 8.49. The molecule has 0 saturated carbocycles. The molecule has 41 heavy (non-hydrogen) atoms. The Morgan fingerprint density at radius 2 is 1.29 bits per heavy atom. The Labute approximate surface area is 243 Å². The fraction of sp³-hybridized carbons (Fsp3) is 0.0333. The second-order valence-corrected chi connectivity index (χ2v) is 12.4. The van der Waals surface area contributed by atoms with E-state index in [1.165, 1.54) is 49.3 Å². The molecular formula is C30H17N3O5S3. The topological polar surface area (TPSA) is 126 Å². The van der Waals surface area contributed by atoms with Crippen LogP contribution in [0.2, 0.25) is 0 Å². The Morgan fingerprint density at radius 3 is 1.95 bits per heavy atom. The molecule has 0 aliphatic carbocycles. The number of aromatic carboxylic acids is 2. The summed E-state index contributed by atoms with van der Waals surface area (Å²) in [6.45, 7) is 1.94. The van der Waals surface area contributed by atoms with Crippen LogP contribution in [0.4, 0.5) is 0 Å². The minimum Gasteiger partial charge on any atom is -0.478 e. The normalized spacial score (nSPS) is 11.4. The maximum absolute atomic E-state index is 11.9. The third kappa shape index (κ3) is 4.59. The van der Waals surface area contributed by atoms with Gasteiger partial charge in [-0.05, 0) is 73.2 Å². The van der Waals surface area contributed by atoms with Gasteiger partial charge >= 0.3 is 11.9 Å². The number of carbonyl (C=O) groups is 2. The first-order valence-electron chi connectivity index (χ1n) is 12.3. The molecule has 7 aromatic rings. The van der Waals surface area contributed by atoms with E-state index in [2.05, 4.69) is 27.1 Å². The third-order valence-electron chi connectivity index (χ3n) is 6.45. The predicted molar refractivity (Wildman–Crippen MR) is 161 cm³/mol. The molecule has 0 bridgehead atoms. The zero-order valence-electron chi connectivity index (χ0n) is 21.1. The average Bonchev–Trinajstić information content (AvgIpc) is 3.75. The number of furan rings is 1. The van der Waals surface area contributed by atoms with Gasteiger partial charge < -0.3 is 14.6 Å². The van der Waals surface area contributed by atoms with Crippen molar-refractivity contribution < 1.29 is 24.2 Å². The lowest BCUT2D eigenvalue weighted by molar-refractivity contribution is 0.0686. The highest BCUT2D eigenvalue weighted by molar-refractivity contribution is 7.40. The molecule has 11 heteroatoms. The lowest BCUT2D eigenvalue weighted by atomic mass is 10.1. The predicted octanol–water partition coefficient (Wildman–Crippen LogP) is 8.33. The number of carboxylic acids is 2. The summed E-state index contributed by atoms with van der Waals surface area (Å²) in [6, 6.07) is 17.7. The number of aromatic nitrogens is 3. The van der Waals surface area contributed by atoms with Crippen molar-refractivity contribution in [3.63, 3.8) is 0 Å². The Morgan fingerprint density at radius 1 is 0.683 bits per heavy atom. The number of carboxylic acid groups (broad SMARTS) is 2. The van der Waals surface area contributed by atoms with E-state index in [0.29, 0.717) is 11.4 Å². The van der Waals surface area contributed by atoms with Gasteiger partial charge in [0, 0.05) is 26.7 Å². The first-order valence-corrected chi connectivity index (χ1v) is 14.7. The van der Waals surface area contributed by atoms with Gasteiger partial charge in [-0.3, -0.25) is 9.97 Å². The molecule has 0 atom stereocenters. The van der Waals surface area contributed by atoms with Gasteiger partial charge in [0.1, 0.15) is 11.5 Å². The molecule has 0 spiro atoms. The van der Waals surface area contributed by atoms with Gasteiger partial charge in [0.2, 0.25) is 0 Å². The van der Waals surface area contributed by atoms with Crippen molar-refractivity contribution in [2.24, 2.45) is 0 Å². The van der Waals surface area contributed by atoms with Crippen LogP contribution in [0.25, 0.3) is 62.7 Å². The van der Waals surface area contributed by atoms with E-state index in [1.807, 2.05) is 31.2 Å². The minimum atomic E-state index is -1.14. The summed E-state index contributed by atoms with van der Waals surface area (Å²) in [7, 11) is 0. The summed E-state index contributed by atoms with van der Waals surface area (Å²) < 4.78 is 10.7. The van der Waals surface area contributed by atoms with Crippen molar-refractivity contribution in [1.82, 2.24) is 15.0 Å². The minimum absolute atomic E-state index is 0.000916. The number of pyridine rings is 3. The average molecular weight is 596 g/mol. The molecule has 0 aliphatic rings. The standard InChI is InChI=1S/C30H17N3O5S3/c1-14-2-3-22(38-14)24-13-26-28(41-24)27-25(39-26)12-23(40-27)15-4-6-31-18(8-15)20-10-17(30(36)37)11-21(33-20)19-9-16(29(34)35)5-7-32-19/h2-13H,1H3,(H,34,35)(H,36,37). The zero-order chi connectivity index (χ0) is 28.2. The maximum atomic E-state index is 11.9. The number of nitrogens with zero attached hydrogens (tertiary/aromatic N) is 3. The number of thiophene rings is 3. The van der Waals surface area contributed by atoms with Crippen molar-refractivity contribution in [1.29, 1.82) is 0 Å². The summed E-state index contributed by atoms with van der Waals surface area (Å²) in [6.07, 6.45) is 3.03. The molecule has 200 valence electrons. The number of rotatable bonds is 6. The first-order chi connectivity index (χ1) is 19.8. The van der Waals surface area contributed by atoms with E-state index in [1.54, 1.807) is 40.2 Å². The second kappa shape index (κ2) is 9.73. The van der Waals surface area contributed by atoms with Gasteiger partial charge in [-0.15, -0.1) is 34.0 Å². The highest BCUT2D eigenvalue weighted by Gasteiger charge is 2.18. The molecule has 7 heterocycles. The van der Waals surface area contributed by atoms with E-state index in [-0.39, 0.29) is 22.5 Å². The smallest absolute Gasteiger partial charge is 0.335 e. The van der Waals surface area contributed by atoms with Crippen molar-refractivity contribution in [3.05, 3.63) is 89.9 Å². The molecule has 0 amide bonds. The van der Waals surface area contributed by atoms with Crippen LogP contribution in [0, 0.1) is 6.92 Å². The van der Waals surface area contributed by atoms with Crippen molar-refractivity contribution in [2.45, 2.75) is 6.92 Å². The summed E-state index contributed by atoms with van der Waals surface area (Å²) >= 11 is 5.17. The van der Waals surface area contributed by atoms with Crippen LogP contribution in [-0.2, 0) is 0 Å². The van der Waals surface area contributed by atoms with Crippen LogP contribution < -0.4 is 0 Å². The number of aryl methyl sites for hydroxylation is 1. The molecule has 7 rings (SSSR count). The Kier molecular flexibility index (Phi) is 6.00. The van der Waals surface area contributed by atoms with Crippen LogP contribution in [0.5, 0.6) is 0 Å². The quantitative estimate of drug-likeness (QED) is 0.196. The van der Waals surface area contributed by atoms with E-state index in [4.69, 9.17) is 4.42 Å². The molecular weight excluding hydrogens is 579 g/mol. The monoisotopic (exact) mass is 595 g/mol. The van der Waals surface area contributed by atoms with Gasteiger partial charge in [0.15, 0.2) is 0 Å². The largest absolute Gasteiger partial charge is 0.478 e. The summed E-state index contributed by atoms with van der Waals surface area (Å²) in [4.78, 5) is 38.9. The molecule has 7 aromatic heterocycles. The molecule has 8 nitrogen and oxygen atoms in total. The SMILES string of the molecule is Cc1ccc(-c2cc3sc4cc(-c5ccnc(-c6cc(C(=O)O)cc(-c7cc(C(=O)O)ccn7)n6)c5)sc4c3s2)o1. The van der Waals surface area contributed by atoms with Crippen LogP contribution >= 0.6 is 34.0 Å². The van der Waals surface area contributed by atoms with E-state index in [0.717, 1.165) is 26.8 Å². The van der Waals surface area contributed by atoms with Crippen molar-refractivity contribution in [2.75, 3.05) is 0 Å². The van der Waals surface area contributed by atoms with Crippen LogP contribution in [0.3, 0.4) is 0 Å². The molecule has 0 aromatic carbocycles. The van der Waals surface area contributed by atoms with E-state index < -0.39 is 11.9 Å². The van der Waals surface area contributed by atoms with Gasteiger partial charge in [0.05, 0.1) is 48.2 Å². The second-order valence-electron chi connectivity index (χ2n) is 9.22. The Hall–Kier alpha value is -4.71. The number of fused-ring (bicyclic) bond motifs is 3. The lowest BCUT2D eigenvalue weighted by Gasteiger charge is -2.08. The molecule has 2 N–H and O–H groups in total. The highest BCUT2D eigenvalue weighted by Crippen LogP contribution is 2.48. The summed E-state index contributed by atoms with van der Waals surface area (Å²) in [5, 5.41) is 19.1. The van der Waals surface area contributed by atoms with Crippen molar-refractivity contribution in [3.8, 4) is 43.9 Å². The third-order valence-corrected chi connectivity index (χ3v) is 10.3. The Balaban J connectivity index is 1.28. The van der Waals surface area contributed by atoms with Gasteiger partial charge in [-0.25, -0.2) is 14.6 Å². The van der Waals surface area contributed by atoms with Gasteiger partial charge in [-0.1, -0.05) is 0 Å². The van der Waals surface area contributed by atoms with E-state index in [9.17, 15) is 19.8 Å². The summed E-state index contributed by atoms with van der Waals surface area (Å²) in [5.74, 6) is -0.488. The van der Waals surface area contributed by atoms with Crippen LogP contribution in [0.1, 0.15) is 26.5 Å². The molecule has 0 fully saturated rings. The maximum Gasteiger partial charge on any atom is 0.335 e. The zero-order valence-corrected chi connectivity index (χ0v) is 23.6. The number of hydrogen-bond donors (Lipinski definition) is 2. The molecule has 0 saturated heterocycles. The Bertz CT molecular complexity index is 2150. The fourth-order valence-electron chi connectivity index (χ4n) is 4.51.